The van der Waals surface area contributed by atoms with Gasteiger partial charge in [-0.2, -0.15) is 0 Å². The van der Waals surface area contributed by atoms with Crippen LogP contribution in [0.5, 0.6) is 28.7 Å². The Morgan fingerprint density at radius 3 is 1.80 bits per heavy atom. The average molecular weight is 501 g/mol. The van der Waals surface area contributed by atoms with Crippen molar-refractivity contribution in [2.45, 2.75) is 4.90 Å². The summed E-state index contributed by atoms with van der Waals surface area (Å²) in [5, 5.41) is 0. The molecule has 0 radical (unpaired) electrons. The molecule has 0 saturated carbocycles. The molecule has 35 heavy (non-hydrogen) atoms. The number of anilines is 2. The second-order valence-electron chi connectivity index (χ2n) is 7.26. The van der Waals surface area contributed by atoms with Gasteiger partial charge in [0.15, 0.2) is 11.5 Å². The summed E-state index contributed by atoms with van der Waals surface area (Å²) >= 11 is 0. The van der Waals surface area contributed by atoms with E-state index in [1.54, 1.807) is 44.6 Å². The van der Waals surface area contributed by atoms with Crippen molar-refractivity contribution in [3.05, 3.63) is 59.7 Å². The van der Waals surface area contributed by atoms with Crippen LogP contribution in [-0.4, -0.2) is 44.0 Å². The van der Waals surface area contributed by atoms with Gasteiger partial charge < -0.3 is 29.4 Å². The van der Waals surface area contributed by atoms with Crippen LogP contribution in [0, 0.1) is 0 Å². The van der Waals surface area contributed by atoms with Gasteiger partial charge in [0.1, 0.15) is 11.5 Å². The molecule has 0 aromatic heterocycles. The minimum absolute atomic E-state index is 0.00350. The molecule has 0 aliphatic heterocycles. The first kappa shape index (κ1) is 25.6. The van der Waals surface area contributed by atoms with Crippen molar-refractivity contribution >= 4 is 33.6 Å². The zero-order chi connectivity index (χ0) is 25.6. The number of hydrogen-bond acceptors (Lipinski definition) is 8. The van der Waals surface area contributed by atoms with Crippen LogP contribution in [0.2, 0.25) is 0 Å². The summed E-state index contributed by atoms with van der Waals surface area (Å²) in [4.78, 5) is -0.00350. The van der Waals surface area contributed by atoms with E-state index in [1.807, 2.05) is 12.2 Å². The third kappa shape index (κ3) is 5.72. The second-order valence-corrected chi connectivity index (χ2v) is 8.94. The van der Waals surface area contributed by atoms with E-state index in [0.717, 1.165) is 11.1 Å². The predicted octanol–water partition coefficient (Wildman–Crippen LogP) is 4.28. The Hall–Kier alpha value is -4.05. The molecule has 3 N–H and O–H groups in total. The van der Waals surface area contributed by atoms with Gasteiger partial charge in [-0.25, -0.2) is 8.42 Å². The smallest absolute Gasteiger partial charge is 0.262 e. The van der Waals surface area contributed by atoms with E-state index in [2.05, 4.69) is 4.72 Å². The maximum atomic E-state index is 13.0. The number of nitrogens with two attached hydrogens (primary N) is 1. The Labute approximate surface area is 205 Å². The van der Waals surface area contributed by atoms with Gasteiger partial charge in [0, 0.05) is 0 Å². The fourth-order valence-corrected chi connectivity index (χ4v) is 4.48. The number of nitrogen functional groups attached to an aromatic ring is 1. The molecule has 186 valence electrons. The lowest BCUT2D eigenvalue weighted by atomic mass is 10.1. The van der Waals surface area contributed by atoms with Crippen LogP contribution in [0.15, 0.2) is 53.4 Å². The molecule has 9 nitrogen and oxygen atoms in total. The van der Waals surface area contributed by atoms with Gasteiger partial charge in [0.2, 0.25) is 5.75 Å². The number of ether oxygens (including phenoxy) is 5. The van der Waals surface area contributed by atoms with Crippen LogP contribution in [0.1, 0.15) is 11.1 Å². The number of nitrogens with one attached hydrogen (secondary N) is 1. The zero-order valence-electron chi connectivity index (χ0n) is 20.1. The van der Waals surface area contributed by atoms with Gasteiger partial charge >= 0.3 is 0 Å². The molecule has 0 amide bonds. The summed E-state index contributed by atoms with van der Waals surface area (Å²) in [5.41, 5.74) is 7.89. The Morgan fingerprint density at radius 1 is 0.686 bits per heavy atom. The third-order valence-electron chi connectivity index (χ3n) is 5.13. The van der Waals surface area contributed by atoms with Crippen molar-refractivity contribution in [2.75, 3.05) is 46.0 Å². The first-order chi connectivity index (χ1) is 16.8. The minimum atomic E-state index is -3.94. The molecule has 3 aromatic carbocycles. The van der Waals surface area contributed by atoms with Gasteiger partial charge in [-0.1, -0.05) is 18.2 Å². The molecule has 0 aliphatic carbocycles. The summed E-state index contributed by atoms with van der Waals surface area (Å²) in [6.07, 6.45) is 3.66. The van der Waals surface area contributed by atoms with Gasteiger partial charge in [-0.15, -0.1) is 0 Å². The molecule has 3 rings (SSSR count). The Morgan fingerprint density at radius 2 is 1.26 bits per heavy atom. The van der Waals surface area contributed by atoms with Crippen LogP contribution in [0.3, 0.4) is 0 Å². The Kier molecular flexibility index (Phi) is 7.98. The highest BCUT2D eigenvalue weighted by molar-refractivity contribution is 7.92. The molecule has 0 heterocycles. The number of sulfonamides is 1. The second kappa shape index (κ2) is 10.9. The van der Waals surface area contributed by atoms with Crippen molar-refractivity contribution in [3.8, 4) is 28.7 Å². The highest BCUT2D eigenvalue weighted by Gasteiger charge is 2.18. The van der Waals surface area contributed by atoms with Gasteiger partial charge in [0.05, 0.1) is 51.8 Å². The first-order valence-corrected chi connectivity index (χ1v) is 11.9. The standard InChI is InChI=1S/C25H28N2O7S/c1-30-21-11-9-18(15-19(21)26)35(28,29)27-20-12-16(8-10-22(20)31-2)6-7-17-13-23(32-3)25(34-5)24(14-17)33-4/h6-15,27H,26H2,1-5H3/b7-6-. The predicted molar refractivity (Wildman–Crippen MR) is 136 cm³/mol. The summed E-state index contributed by atoms with van der Waals surface area (Å²) in [5.74, 6) is 2.29. The van der Waals surface area contributed by atoms with Crippen molar-refractivity contribution in [1.29, 1.82) is 0 Å². The van der Waals surface area contributed by atoms with E-state index in [4.69, 9.17) is 29.4 Å². The van der Waals surface area contributed by atoms with Gasteiger partial charge in [0.25, 0.3) is 10.0 Å². The summed E-state index contributed by atoms with van der Waals surface area (Å²) in [6.45, 7) is 0. The van der Waals surface area contributed by atoms with Crippen LogP contribution >= 0.6 is 0 Å². The monoisotopic (exact) mass is 500 g/mol. The summed E-state index contributed by atoms with van der Waals surface area (Å²) < 4.78 is 55.1. The number of rotatable bonds is 10. The fraction of sp³-hybridized carbons (Fsp3) is 0.200. The highest BCUT2D eigenvalue weighted by atomic mass is 32.2. The van der Waals surface area contributed by atoms with E-state index in [-0.39, 0.29) is 16.3 Å². The molecule has 0 fully saturated rings. The SMILES string of the molecule is COc1ccc(S(=O)(=O)Nc2cc(/C=C\c3cc(OC)c(OC)c(OC)c3)ccc2OC)cc1N. The van der Waals surface area contributed by atoms with Crippen LogP contribution in [0.25, 0.3) is 12.2 Å². The molecule has 0 atom stereocenters. The van der Waals surface area contributed by atoms with Crippen LogP contribution in [-0.2, 0) is 10.0 Å². The third-order valence-corrected chi connectivity index (χ3v) is 6.50. The lowest BCUT2D eigenvalue weighted by molar-refractivity contribution is 0.324. The van der Waals surface area contributed by atoms with Crippen molar-refractivity contribution in [2.24, 2.45) is 0 Å². The van der Waals surface area contributed by atoms with E-state index in [1.165, 1.54) is 39.5 Å². The highest BCUT2D eigenvalue weighted by Crippen LogP contribution is 2.39. The molecular formula is C25H28N2O7S. The van der Waals surface area contributed by atoms with Gasteiger partial charge in [-0.05, 0) is 53.6 Å². The maximum Gasteiger partial charge on any atom is 0.262 e. The molecular weight excluding hydrogens is 472 g/mol. The van der Waals surface area contributed by atoms with Crippen molar-refractivity contribution in [3.63, 3.8) is 0 Å². The number of benzene rings is 3. The summed E-state index contributed by atoms with van der Waals surface area (Å²) in [6, 6.07) is 13.0. The lowest BCUT2D eigenvalue weighted by Gasteiger charge is -2.14. The zero-order valence-corrected chi connectivity index (χ0v) is 20.9. The van der Waals surface area contributed by atoms with Crippen LogP contribution < -0.4 is 34.1 Å². The van der Waals surface area contributed by atoms with Gasteiger partial charge in [-0.3, -0.25) is 4.72 Å². The van der Waals surface area contributed by atoms with E-state index < -0.39 is 10.0 Å². The van der Waals surface area contributed by atoms with E-state index >= 15 is 0 Å². The molecule has 0 saturated heterocycles. The quantitative estimate of drug-likeness (QED) is 0.313. The maximum absolute atomic E-state index is 13.0. The van der Waals surface area contributed by atoms with E-state index in [0.29, 0.717) is 28.7 Å². The largest absolute Gasteiger partial charge is 0.495 e. The fourth-order valence-electron chi connectivity index (χ4n) is 3.38. The summed E-state index contributed by atoms with van der Waals surface area (Å²) in [7, 11) is 3.61. The number of hydrogen-bond donors (Lipinski definition) is 2. The topological polar surface area (TPSA) is 118 Å². The number of methoxy groups -OCH3 is 5. The first-order valence-electron chi connectivity index (χ1n) is 10.4. The van der Waals surface area contributed by atoms with E-state index in [9.17, 15) is 8.42 Å². The van der Waals surface area contributed by atoms with Crippen molar-refractivity contribution < 1.29 is 32.1 Å². The Bertz CT molecular complexity index is 1310. The molecule has 0 aliphatic rings. The average Bonchev–Trinajstić information content (AvgIpc) is 2.86. The molecule has 10 heteroatoms. The lowest BCUT2D eigenvalue weighted by Crippen LogP contribution is -2.14. The Balaban J connectivity index is 1.93. The molecule has 0 bridgehead atoms. The van der Waals surface area contributed by atoms with Crippen molar-refractivity contribution in [1.82, 2.24) is 0 Å². The molecule has 0 unspecified atom stereocenters. The normalized spacial score (nSPS) is 11.2. The van der Waals surface area contributed by atoms with Crippen LogP contribution in [0.4, 0.5) is 11.4 Å². The molecule has 3 aromatic rings. The minimum Gasteiger partial charge on any atom is -0.495 e. The molecule has 0 spiro atoms.